The van der Waals surface area contributed by atoms with Crippen molar-refractivity contribution >= 4 is 28.3 Å². The Morgan fingerprint density at radius 3 is 2.77 bits per heavy atom. The van der Waals surface area contributed by atoms with Crippen LogP contribution in [0.2, 0.25) is 5.02 Å². The van der Waals surface area contributed by atoms with Crippen molar-refractivity contribution in [3.05, 3.63) is 51.3 Å². The van der Waals surface area contributed by atoms with Gasteiger partial charge in [-0.25, -0.2) is 14.4 Å². The molecule has 1 aromatic carbocycles. The Kier molecular flexibility index (Phi) is 4.75. The van der Waals surface area contributed by atoms with Crippen LogP contribution >= 0.6 is 11.6 Å². The van der Waals surface area contributed by atoms with E-state index < -0.39 is 5.82 Å². The van der Waals surface area contributed by atoms with Gasteiger partial charge in [-0.3, -0.25) is 9.36 Å². The number of anilines is 1. The number of hydrogen-bond acceptors (Lipinski definition) is 5. The summed E-state index contributed by atoms with van der Waals surface area (Å²) in [5.41, 5.74) is 0.790. The summed E-state index contributed by atoms with van der Waals surface area (Å²) in [7, 11) is 1.65. The quantitative estimate of drug-likeness (QED) is 0.636. The van der Waals surface area contributed by atoms with Crippen LogP contribution in [0.15, 0.2) is 29.1 Å². The molecule has 0 radical (unpaired) electrons. The van der Waals surface area contributed by atoms with E-state index in [0.717, 1.165) is 6.54 Å². The fourth-order valence-electron chi connectivity index (χ4n) is 4.06. The Morgan fingerprint density at radius 1 is 1.23 bits per heavy atom. The van der Waals surface area contributed by atoms with Gasteiger partial charge in [0, 0.05) is 36.8 Å². The number of ether oxygens (including phenoxy) is 1. The molecule has 1 atom stereocenters. The van der Waals surface area contributed by atoms with Crippen LogP contribution in [0.4, 0.5) is 10.2 Å². The molecule has 30 heavy (non-hydrogen) atoms. The standard InChI is InChI=1S/C22H22ClFN4O2/c1-12-25-17-10-19(28-7-8-30-18(11-28)13-3-4-13)26-21(20(17)22(29)27(12)2)15-6-5-14(23)9-16(15)24/h5-6,9-10,13,18H,3-4,7-8,11H2,1-2H3/t18-/m1/s1. The van der Waals surface area contributed by atoms with Crippen LogP contribution in [0.5, 0.6) is 0 Å². The van der Waals surface area contributed by atoms with E-state index in [1.54, 1.807) is 26.1 Å². The van der Waals surface area contributed by atoms with Crippen molar-refractivity contribution in [1.82, 2.24) is 14.5 Å². The van der Waals surface area contributed by atoms with Gasteiger partial charge in [-0.2, -0.15) is 0 Å². The highest BCUT2D eigenvalue weighted by Crippen LogP contribution is 2.37. The Balaban J connectivity index is 1.71. The van der Waals surface area contributed by atoms with E-state index in [1.807, 2.05) is 6.07 Å². The van der Waals surface area contributed by atoms with Crippen LogP contribution in [0.1, 0.15) is 18.7 Å². The first-order chi connectivity index (χ1) is 14.4. The van der Waals surface area contributed by atoms with Crippen LogP contribution in [0, 0.1) is 18.7 Å². The minimum Gasteiger partial charge on any atom is -0.374 e. The first-order valence-corrected chi connectivity index (χ1v) is 10.5. The molecular formula is C22H22ClFN4O2. The lowest BCUT2D eigenvalue weighted by molar-refractivity contribution is 0.0261. The Labute approximate surface area is 178 Å². The highest BCUT2D eigenvalue weighted by atomic mass is 35.5. The van der Waals surface area contributed by atoms with Crippen molar-refractivity contribution in [2.75, 3.05) is 24.6 Å². The maximum absolute atomic E-state index is 14.8. The van der Waals surface area contributed by atoms with E-state index in [0.29, 0.717) is 52.3 Å². The van der Waals surface area contributed by atoms with Gasteiger partial charge in [-0.05, 0) is 43.9 Å². The van der Waals surface area contributed by atoms with Gasteiger partial charge in [0.25, 0.3) is 5.56 Å². The summed E-state index contributed by atoms with van der Waals surface area (Å²) < 4.78 is 22.2. The Hall–Kier alpha value is -2.51. The molecule has 8 heteroatoms. The van der Waals surface area contributed by atoms with Crippen LogP contribution in [-0.4, -0.2) is 40.3 Å². The second kappa shape index (κ2) is 7.32. The number of morpholine rings is 1. The average Bonchev–Trinajstić information content (AvgIpc) is 3.57. The molecule has 156 valence electrons. The fraction of sp³-hybridized carbons (Fsp3) is 0.409. The van der Waals surface area contributed by atoms with E-state index in [1.165, 1.54) is 23.5 Å². The largest absolute Gasteiger partial charge is 0.374 e. The minimum atomic E-state index is -0.520. The topological polar surface area (TPSA) is 60.2 Å². The first kappa shape index (κ1) is 19.5. The predicted octanol–water partition coefficient (Wildman–Crippen LogP) is 3.71. The zero-order valence-electron chi connectivity index (χ0n) is 16.9. The molecule has 0 amide bonds. The summed E-state index contributed by atoms with van der Waals surface area (Å²) in [5, 5.41) is 0.596. The third kappa shape index (κ3) is 3.36. The molecule has 2 fully saturated rings. The van der Waals surface area contributed by atoms with Crippen molar-refractivity contribution in [2.24, 2.45) is 13.0 Å². The summed E-state index contributed by atoms with van der Waals surface area (Å²) in [5.74, 6) is 1.36. The van der Waals surface area contributed by atoms with E-state index in [-0.39, 0.29) is 17.2 Å². The van der Waals surface area contributed by atoms with Gasteiger partial charge in [0.05, 0.1) is 29.3 Å². The maximum Gasteiger partial charge on any atom is 0.263 e. The Bertz CT molecular complexity index is 1210. The van der Waals surface area contributed by atoms with Gasteiger partial charge < -0.3 is 9.64 Å². The molecule has 0 N–H and O–H groups in total. The fourth-order valence-corrected chi connectivity index (χ4v) is 4.22. The van der Waals surface area contributed by atoms with Gasteiger partial charge in [-0.1, -0.05) is 11.6 Å². The third-order valence-electron chi connectivity index (χ3n) is 6.02. The van der Waals surface area contributed by atoms with Crippen LogP contribution in [0.25, 0.3) is 22.2 Å². The summed E-state index contributed by atoms with van der Waals surface area (Å²) in [6.07, 6.45) is 2.58. The monoisotopic (exact) mass is 428 g/mol. The van der Waals surface area contributed by atoms with Crippen molar-refractivity contribution in [1.29, 1.82) is 0 Å². The third-order valence-corrected chi connectivity index (χ3v) is 6.26. The van der Waals surface area contributed by atoms with Gasteiger partial charge in [0.1, 0.15) is 17.5 Å². The van der Waals surface area contributed by atoms with Crippen molar-refractivity contribution < 1.29 is 9.13 Å². The van der Waals surface area contributed by atoms with Crippen LogP contribution < -0.4 is 10.5 Å². The minimum absolute atomic E-state index is 0.185. The van der Waals surface area contributed by atoms with E-state index >= 15 is 0 Å². The van der Waals surface area contributed by atoms with E-state index in [9.17, 15) is 9.18 Å². The van der Waals surface area contributed by atoms with Crippen LogP contribution in [-0.2, 0) is 11.8 Å². The van der Waals surface area contributed by atoms with Crippen molar-refractivity contribution in [2.45, 2.75) is 25.9 Å². The molecule has 1 saturated heterocycles. The number of pyridine rings is 1. The highest BCUT2D eigenvalue weighted by Gasteiger charge is 2.36. The summed E-state index contributed by atoms with van der Waals surface area (Å²) >= 11 is 5.94. The van der Waals surface area contributed by atoms with Gasteiger partial charge >= 0.3 is 0 Å². The van der Waals surface area contributed by atoms with Gasteiger partial charge in [0.15, 0.2) is 0 Å². The first-order valence-electron chi connectivity index (χ1n) is 10.1. The number of hydrogen-bond donors (Lipinski definition) is 0. The maximum atomic E-state index is 14.8. The van der Waals surface area contributed by atoms with Crippen LogP contribution in [0.3, 0.4) is 0 Å². The van der Waals surface area contributed by atoms with Crippen molar-refractivity contribution in [3.8, 4) is 11.3 Å². The molecule has 0 spiro atoms. The highest BCUT2D eigenvalue weighted by molar-refractivity contribution is 6.30. The van der Waals surface area contributed by atoms with Crippen molar-refractivity contribution in [3.63, 3.8) is 0 Å². The normalized spacial score (nSPS) is 19.5. The molecule has 1 aliphatic carbocycles. The molecule has 0 bridgehead atoms. The average molecular weight is 429 g/mol. The van der Waals surface area contributed by atoms with Gasteiger partial charge in [-0.15, -0.1) is 0 Å². The molecular weight excluding hydrogens is 407 g/mol. The zero-order valence-corrected chi connectivity index (χ0v) is 17.6. The second-order valence-electron chi connectivity index (χ2n) is 8.06. The molecule has 2 aliphatic rings. The zero-order chi connectivity index (χ0) is 21.0. The smallest absolute Gasteiger partial charge is 0.263 e. The molecule has 2 aromatic heterocycles. The number of aryl methyl sites for hydroxylation is 1. The molecule has 3 aromatic rings. The number of aromatic nitrogens is 3. The number of fused-ring (bicyclic) bond motifs is 1. The molecule has 1 saturated carbocycles. The molecule has 5 rings (SSSR count). The molecule has 3 heterocycles. The van der Waals surface area contributed by atoms with E-state index in [4.69, 9.17) is 21.3 Å². The SMILES string of the molecule is Cc1nc2cc(N3CCO[C@@H](C4CC4)C3)nc(-c3ccc(Cl)cc3F)c2c(=O)n1C. The number of halogens is 2. The summed E-state index contributed by atoms with van der Waals surface area (Å²) in [6, 6.07) is 6.23. The summed E-state index contributed by atoms with van der Waals surface area (Å²) in [6.45, 7) is 3.82. The number of benzene rings is 1. The molecule has 1 aliphatic heterocycles. The predicted molar refractivity (Wildman–Crippen MR) is 115 cm³/mol. The molecule has 6 nitrogen and oxygen atoms in total. The second-order valence-corrected chi connectivity index (χ2v) is 8.50. The molecule has 0 unspecified atom stereocenters. The van der Waals surface area contributed by atoms with E-state index in [2.05, 4.69) is 9.88 Å². The lowest BCUT2D eigenvalue weighted by Gasteiger charge is -2.34. The Morgan fingerprint density at radius 2 is 2.03 bits per heavy atom. The lowest BCUT2D eigenvalue weighted by Crippen LogP contribution is -2.44. The number of nitrogens with zero attached hydrogens (tertiary/aromatic N) is 4. The van der Waals surface area contributed by atoms with Gasteiger partial charge in [0.2, 0.25) is 0 Å². The summed E-state index contributed by atoms with van der Waals surface area (Å²) in [4.78, 5) is 24.6. The number of rotatable bonds is 3. The lowest BCUT2D eigenvalue weighted by atomic mass is 10.1.